The van der Waals surface area contributed by atoms with Gasteiger partial charge in [-0.05, 0) is 49.8 Å². The van der Waals surface area contributed by atoms with Gasteiger partial charge in [0, 0.05) is 19.6 Å². The van der Waals surface area contributed by atoms with Crippen molar-refractivity contribution in [2.24, 2.45) is 0 Å². The SMILES string of the molecule is Cc1cccc(C)c1CCNC(=O)N1CCC[C@@H](OCCO)C1. The number of hydrogen-bond donors (Lipinski definition) is 2. The second-order valence-corrected chi connectivity index (χ2v) is 6.16. The number of rotatable bonds is 6. The van der Waals surface area contributed by atoms with Crippen molar-refractivity contribution in [2.75, 3.05) is 32.8 Å². The van der Waals surface area contributed by atoms with Gasteiger partial charge in [0.1, 0.15) is 0 Å². The first-order valence-corrected chi connectivity index (χ1v) is 8.42. The highest BCUT2D eigenvalue weighted by Crippen LogP contribution is 2.15. The van der Waals surface area contributed by atoms with Crippen molar-refractivity contribution < 1.29 is 14.6 Å². The predicted molar refractivity (Wildman–Crippen MR) is 90.7 cm³/mol. The minimum atomic E-state index is -0.0199. The monoisotopic (exact) mass is 320 g/mol. The molecule has 2 amide bonds. The Kier molecular flexibility index (Phi) is 6.86. The largest absolute Gasteiger partial charge is 0.394 e. The Labute approximate surface area is 138 Å². The zero-order valence-electron chi connectivity index (χ0n) is 14.2. The predicted octanol–water partition coefficient (Wildman–Crippen LogP) is 2.03. The molecule has 2 N–H and O–H groups in total. The van der Waals surface area contributed by atoms with Gasteiger partial charge in [-0.1, -0.05) is 18.2 Å². The van der Waals surface area contributed by atoms with E-state index in [4.69, 9.17) is 9.84 Å². The molecule has 0 unspecified atom stereocenters. The summed E-state index contributed by atoms with van der Waals surface area (Å²) in [7, 11) is 0. The summed E-state index contributed by atoms with van der Waals surface area (Å²) >= 11 is 0. The van der Waals surface area contributed by atoms with Gasteiger partial charge in [-0.25, -0.2) is 4.79 Å². The number of carbonyl (C=O) groups is 1. The van der Waals surface area contributed by atoms with E-state index in [0.717, 1.165) is 25.8 Å². The van der Waals surface area contributed by atoms with Gasteiger partial charge < -0.3 is 20.1 Å². The second-order valence-electron chi connectivity index (χ2n) is 6.16. The third-order valence-electron chi connectivity index (χ3n) is 4.41. The fourth-order valence-electron chi connectivity index (χ4n) is 3.13. The number of ether oxygens (including phenoxy) is 1. The molecule has 1 aliphatic heterocycles. The number of carbonyl (C=O) groups excluding carboxylic acids is 1. The molecule has 0 aliphatic carbocycles. The van der Waals surface area contributed by atoms with Crippen LogP contribution in [0.1, 0.15) is 29.5 Å². The number of urea groups is 1. The molecule has 1 aromatic rings. The van der Waals surface area contributed by atoms with Crippen molar-refractivity contribution >= 4 is 6.03 Å². The molecule has 1 heterocycles. The van der Waals surface area contributed by atoms with Crippen molar-refractivity contribution in [2.45, 2.75) is 39.2 Å². The molecule has 5 heteroatoms. The first-order chi connectivity index (χ1) is 11.1. The van der Waals surface area contributed by atoms with Crippen LogP contribution in [-0.4, -0.2) is 55.0 Å². The van der Waals surface area contributed by atoms with Crippen LogP contribution >= 0.6 is 0 Å². The zero-order chi connectivity index (χ0) is 16.7. The van der Waals surface area contributed by atoms with Gasteiger partial charge in [0.25, 0.3) is 0 Å². The molecular weight excluding hydrogens is 292 g/mol. The minimum Gasteiger partial charge on any atom is -0.394 e. The first kappa shape index (κ1) is 17.8. The van der Waals surface area contributed by atoms with E-state index in [1.54, 1.807) is 0 Å². The molecule has 1 saturated heterocycles. The molecule has 1 aliphatic rings. The van der Waals surface area contributed by atoms with Crippen molar-refractivity contribution in [3.05, 3.63) is 34.9 Å². The topological polar surface area (TPSA) is 61.8 Å². The van der Waals surface area contributed by atoms with E-state index in [0.29, 0.717) is 19.7 Å². The normalized spacial score (nSPS) is 18.0. The standard InChI is InChI=1S/C18H28N2O3/c1-14-5-3-6-15(2)17(14)8-9-19-18(22)20-10-4-7-16(13-20)23-12-11-21/h3,5-6,16,21H,4,7-13H2,1-2H3,(H,19,22)/t16-/m1/s1. The van der Waals surface area contributed by atoms with E-state index < -0.39 is 0 Å². The van der Waals surface area contributed by atoms with E-state index in [-0.39, 0.29) is 18.7 Å². The summed E-state index contributed by atoms with van der Waals surface area (Å²) in [6.45, 7) is 6.60. The van der Waals surface area contributed by atoms with Crippen LogP contribution in [0.5, 0.6) is 0 Å². The molecule has 23 heavy (non-hydrogen) atoms. The number of aliphatic hydroxyl groups excluding tert-OH is 1. The lowest BCUT2D eigenvalue weighted by Gasteiger charge is -2.32. The third kappa shape index (κ3) is 5.22. The van der Waals surface area contributed by atoms with Crippen molar-refractivity contribution in [3.8, 4) is 0 Å². The highest BCUT2D eigenvalue weighted by Gasteiger charge is 2.23. The smallest absolute Gasteiger partial charge is 0.317 e. The Morgan fingerprint density at radius 1 is 1.39 bits per heavy atom. The maximum atomic E-state index is 12.3. The summed E-state index contributed by atoms with van der Waals surface area (Å²) in [6.07, 6.45) is 2.79. The number of hydrogen-bond acceptors (Lipinski definition) is 3. The number of aryl methyl sites for hydroxylation is 2. The maximum Gasteiger partial charge on any atom is 0.317 e. The Bertz CT molecular complexity index is 499. The number of amides is 2. The van der Waals surface area contributed by atoms with Gasteiger partial charge in [-0.2, -0.15) is 0 Å². The van der Waals surface area contributed by atoms with Crippen LogP contribution in [0.4, 0.5) is 4.79 Å². The summed E-state index contributed by atoms with van der Waals surface area (Å²) in [5, 5.41) is 11.8. The molecule has 0 bridgehead atoms. The highest BCUT2D eigenvalue weighted by atomic mass is 16.5. The number of nitrogens with zero attached hydrogens (tertiary/aromatic N) is 1. The van der Waals surface area contributed by atoms with Crippen LogP contribution in [0.25, 0.3) is 0 Å². The van der Waals surface area contributed by atoms with Crippen LogP contribution in [0.2, 0.25) is 0 Å². The Morgan fingerprint density at radius 3 is 2.83 bits per heavy atom. The van der Waals surface area contributed by atoms with Crippen LogP contribution in [0.3, 0.4) is 0 Å². The summed E-state index contributed by atoms with van der Waals surface area (Å²) in [5.41, 5.74) is 3.86. The van der Waals surface area contributed by atoms with Crippen LogP contribution in [0.15, 0.2) is 18.2 Å². The summed E-state index contributed by atoms with van der Waals surface area (Å²) in [5.74, 6) is 0. The molecule has 1 fully saturated rings. The van der Waals surface area contributed by atoms with E-state index >= 15 is 0 Å². The molecular formula is C18H28N2O3. The summed E-state index contributed by atoms with van der Waals surface area (Å²) in [4.78, 5) is 14.1. The van der Waals surface area contributed by atoms with Gasteiger partial charge >= 0.3 is 6.03 Å². The molecule has 0 radical (unpaired) electrons. The quantitative estimate of drug-likeness (QED) is 0.843. The average Bonchev–Trinajstić information content (AvgIpc) is 2.55. The van der Waals surface area contributed by atoms with Crippen molar-refractivity contribution in [1.82, 2.24) is 10.2 Å². The van der Waals surface area contributed by atoms with Crippen molar-refractivity contribution in [3.63, 3.8) is 0 Å². The highest BCUT2D eigenvalue weighted by molar-refractivity contribution is 5.74. The van der Waals surface area contributed by atoms with Gasteiger partial charge in [0.15, 0.2) is 0 Å². The molecule has 0 saturated carbocycles. The fraction of sp³-hybridized carbons (Fsp3) is 0.611. The van der Waals surface area contributed by atoms with Crippen molar-refractivity contribution in [1.29, 1.82) is 0 Å². The number of likely N-dealkylation sites (tertiary alicyclic amines) is 1. The second kappa shape index (κ2) is 8.89. The molecule has 1 aromatic carbocycles. The van der Waals surface area contributed by atoms with E-state index in [1.165, 1.54) is 16.7 Å². The average molecular weight is 320 g/mol. The van der Waals surface area contributed by atoms with E-state index in [9.17, 15) is 4.79 Å². The zero-order valence-corrected chi connectivity index (χ0v) is 14.2. The summed E-state index contributed by atoms with van der Waals surface area (Å²) in [6, 6.07) is 6.26. The molecule has 1 atom stereocenters. The number of benzene rings is 1. The van der Waals surface area contributed by atoms with Gasteiger partial charge in [0.05, 0.1) is 19.3 Å². The first-order valence-electron chi connectivity index (χ1n) is 8.42. The Balaban J connectivity index is 1.78. The van der Waals surface area contributed by atoms with Crippen LogP contribution < -0.4 is 5.32 Å². The Hall–Kier alpha value is -1.59. The van der Waals surface area contributed by atoms with Gasteiger partial charge in [-0.15, -0.1) is 0 Å². The number of nitrogens with one attached hydrogen (secondary N) is 1. The molecule has 2 rings (SSSR count). The molecule has 0 spiro atoms. The minimum absolute atomic E-state index is 0.0199. The molecule has 128 valence electrons. The molecule has 5 nitrogen and oxygen atoms in total. The lowest BCUT2D eigenvalue weighted by molar-refractivity contribution is -0.00575. The maximum absolute atomic E-state index is 12.3. The van der Waals surface area contributed by atoms with E-state index in [2.05, 4.69) is 37.4 Å². The number of piperidine rings is 1. The Morgan fingerprint density at radius 2 is 2.13 bits per heavy atom. The van der Waals surface area contributed by atoms with Gasteiger partial charge in [0.2, 0.25) is 0 Å². The summed E-state index contributed by atoms with van der Waals surface area (Å²) < 4.78 is 5.55. The lowest BCUT2D eigenvalue weighted by atomic mass is 10.0. The number of aliphatic hydroxyl groups is 1. The van der Waals surface area contributed by atoms with Crippen LogP contribution in [-0.2, 0) is 11.2 Å². The van der Waals surface area contributed by atoms with Crippen LogP contribution in [0, 0.1) is 13.8 Å². The van der Waals surface area contributed by atoms with E-state index in [1.807, 2.05) is 4.90 Å². The third-order valence-corrected chi connectivity index (χ3v) is 4.41. The van der Waals surface area contributed by atoms with Gasteiger partial charge in [-0.3, -0.25) is 0 Å². The molecule has 0 aromatic heterocycles. The lowest BCUT2D eigenvalue weighted by Crippen LogP contribution is -2.48. The fourth-order valence-corrected chi connectivity index (χ4v) is 3.13.